The second kappa shape index (κ2) is 6.51. The normalized spacial score (nSPS) is 19.7. The number of nitrogens with zero attached hydrogens (tertiary/aromatic N) is 4. The molecule has 2 aromatic rings. The van der Waals surface area contributed by atoms with Gasteiger partial charge in [0.05, 0.1) is 11.5 Å². The average molecular weight is 380 g/mol. The lowest BCUT2D eigenvalue weighted by Gasteiger charge is -2.16. The van der Waals surface area contributed by atoms with Crippen molar-refractivity contribution in [3.05, 3.63) is 42.5 Å². The first-order valence-electron chi connectivity index (χ1n) is 8.17. The average Bonchev–Trinajstić information content (AvgIpc) is 3.35. The minimum absolute atomic E-state index is 0.206. The van der Waals surface area contributed by atoms with Crippen molar-refractivity contribution in [3.8, 4) is 23.0 Å². The van der Waals surface area contributed by atoms with E-state index in [1.165, 1.54) is 11.8 Å². The van der Waals surface area contributed by atoms with Crippen molar-refractivity contribution in [3.63, 3.8) is 0 Å². The smallest absolute Gasteiger partial charge is 0.277 e. The standard InChI is InChI=1S/C18H12N4O4S/c23-16-11-3-1-2-4-12(11)19-15(20-16)8-27-18-22-21-17(26-18)10-5-6-13-14(7-10)25-9-24-13/h1-7,11H,8-9H2. The van der Waals surface area contributed by atoms with Gasteiger partial charge in [-0.3, -0.25) is 4.79 Å². The molecule has 0 radical (unpaired) electrons. The number of carbonyl (C=O) groups excluding carboxylic acids is 1. The molecule has 0 N–H and O–H groups in total. The summed E-state index contributed by atoms with van der Waals surface area (Å²) in [6.07, 6.45) is 7.30. The number of amidine groups is 1. The van der Waals surface area contributed by atoms with Crippen LogP contribution in [0.1, 0.15) is 0 Å². The van der Waals surface area contributed by atoms with E-state index in [0.29, 0.717) is 39.9 Å². The SMILES string of the molecule is O=C1N=C(CSc2nnc(-c3ccc4c(c3)OCO4)o2)N=C2C=CC=CC12. The molecule has 0 spiro atoms. The minimum Gasteiger partial charge on any atom is -0.454 e. The summed E-state index contributed by atoms with van der Waals surface area (Å²) in [6.45, 7) is 0.207. The van der Waals surface area contributed by atoms with Gasteiger partial charge in [0.1, 0.15) is 11.8 Å². The second-order valence-electron chi connectivity index (χ2n) is 5.85. The molecule has 134 valence electrons. The lowest BCUT2D eigenvalue weighted by atomic mass is 9.97. The quantitative estimate of drug-likeness (QED) is 0.752. The Kier molecular flexibility index (Phi) is 3.86. The maximum absolute atomic E-state index is 12.1. The van der Waals surface area contributed by atoms with E-state index in [1.807, 2.05) is 24.3 Å². The Morgan fingerprint density at radius 1 is 1.11 bits per heavy atom. The lowest BCUT2D eigenvalue weighted by Crippen LogP contribution is -2.27. The molecule has 0 fully saturated rings. The Morgan fingerprint density at radius 2 is 2.04 bits per heavy atom. The van der Waals surface area contributed by atoms with Gasteiger partial charge in [-0.1, -0.05) is 30.0 Å². The van der Waals surface area contributed by atoms with E-state index < -0.39 is 0 Å². The van der Waals surface area contributed by atoms with E-state index >= 15 is 0 Å². The molecule has 1 unspecified atom stereocenters. The van der Waals surface area contributed by atoms with Crippen molar-refractivity contribution < 1.29 is 18.7 Å². The van der Waals surface area contributed by atoms with E-state index in [9.17, 15) is 4.79 Å². The highest BCUT2D eigenvalue weighted by molar-refractivity contribution is 7.99. The molecule has 27 heavy (non-hydrogen) atoms. The number of aliphatic imine (C=N–C) groups is 2. The third-order valence-electron chi connectivity index (χ3n) is 4.11. The van der Waals surface area contributed by atoms with Crippen LogP contribution in [0.2, 0.25) is 0 Å². The van der Waals surface area contributed by atoms with Gasteiger partial charge in [0, 0.05) is 5.56 Å². The summed E-state index contributed by atoms with van der Waals surface area (Å²) in [7, 11) is 0. The van der Waals surface area contributed by atoms with Gasteiger partial charge in [-0.15, -0.1) is 10.2 Å². The van der Waals surface area contributed by atoms with Crippen LogP contribution in [0.5, 0.6) is 11.5 Å². The molecule has 5 rings (SSSR count). The molecule has 9 heteroatoms. The van der Waals surface area contributed by atoms with Crippen LogP contribution in [0.4, 0.5) is 0 Å². The van der Waals surface area contributed by atoms with Crippen LogP contribution in [0.3, 0.4) is 0 Å². The van der Waals surface area contributed by atoms with Gasteiger partial charge >= 0.3 is 0 Å². The second-order valence-corrected chi connectivity index (χ2v) is 6.78. The van der Waals surface area contributed by atoms with Gasteiger partial charge in [0.15, 0.2) is 11.5 Å². The number of thioether (sulfide) groups is 1. The highest BCUT2D eigenvalue weighted by Gasteiger charge is 2.26. The first-order valence-corrected chi connectivity index (χ1v) is 9.16. The van der Waals surface area contributed by atoms with Gasteiger partial charge in [0.25, 0.3) is 11.1 Å². The molecule has 3 aliphatic rings. The van der Waals surface area contributed by atoms with Gasteiger partial charge in [0.2, 0.25) is 12.7 Å². The van der Waals surface area contributed by atoms with E-state index in [0.717, 1.165) is 5.56 Å². The number of benzene rings is 1. The van der Waals surface area contributed by atoms with Gasteiger partial charge < -0.3 is 13.9 Å². The number of ether oxygens (including phenoxy) is 2. The summed E-state index contributed by atoms with van der Waals surface area (Å²) >= 11 is 1.28. The van der Waals surface area contributed by atoms with Crippen molar-refractivity contribution in [2.75, 3.05) is 12.5 Å². The minimum atomic E-state index is -0.371. The molecular formula is C18H12N4O4S. The first-order chi connectivity index (χ1) is 13.3. The molecule has 1 atom stereocenters. The van der Waals surface area contributed by atoms with E-state index in [2.05, 4.69) is 20.2 Å². The summed E-state index contributed by atoms with van der Waals surface area (Å²) in [4.78, 5) is 20.6. The van der Waals surface area contributed by atoms with Crippen molar-refractivity contribution in [1.82, 2.24) is 10.2 Å². The van der Waals surface area contributed by atoms with Gasteiger partial charge in [-0.25, -0.2) is 4.99 Å². The molecule has 0 saturated carbocycles. The Morgan fingerprint density at radius 3 is 3.00 bits per heavy atom. The molecule has 8 nitrogen and oxygen atoms in total. The lowest BCUT2D eigenvalue weighted by molar-refractivity contribution is -0.118. The Balaban J connectivity index is 1.29. The van der Waals surface area contributed by atoms with Crippen LogP contribution >= 0.6 is 11.8 Å². The third kappa shape index (κ3) is 3.06. The number of hydrogen-bond acceptors (Lipinski definition) is 8. The van der Waals surface area contributed by atoms with Crippen molar-refractivity contribution >= 4 is 29.2 Å². The maximum Gasteiger partial charge on any atom is 0.277 e. The van der Waals surface area contributed by atoms with Crippen LogP contribution < -0.4 is 9.47 Å². The van der Waals surface area contributed by atoms with Crippen LogP contribution in [0.25, 0.3) is 11.5 Å². The fourth-order valence-electron chi connectivity index (χ4n) is 2.82. The summed E-state index contributed by atoms with van der Waals surface area (Å²) in [6, 6.07) is 5.42. The summed E-state index contributed by atoms with van der Waals surface area (Å²) in [5, 5.41) is 8.47. The van der Waals surface area contributed by atoms with Crippen molar-refractivity contribution in [1.29, 1.82) is 0 Å². The molecule has 2 aliphatic heterocycles. The van der Waals surface area contributed by atoms with E-state index in [1.54, 1.807) is 18.2 Å². The van der Waals surface area contributed by atoms with Gasteiger partial charge in [-0.2, -0.15) is 4.99 Å². The number of rotatable bonds is 4. The van der Waals surface area contributed by atoms with E-state index in [-0.39, 0.29) is 18.6 Å². The predicted molar refractivity (Wildman–Crippen MR) is 98.2 cm³/mol. The van der Waals surface area contributed by atoms with Crippen LogP contribution in [0.15, 0.2) is 62.1 Å². The Labute approximate surface area is 157 Å². The number of carbonyl (C=O) groups is 1. The zero-order valence-electron chi connectivity index (χ0n) is 13.9. The Hall–Kier alpha value is -3.20. The number of aromatic nitrogens is 2. The topological polar surface area (TPSA) is 99.2 Å². The third-order valence-corrected chi connectivity index (χ3v) is 4.93. The molecule has 1 aliphatic carbocycles. The number of allylic oxidation sites excluding steroid dienone is 3. The highest BCUT2D eigenvalue weighted by atomic mass is 32.2. The molecule has 0 bridgehead atoms. The summed E-state index contributed by atoms with van der Waals surface area (Å²) in [5.41, 5.74) is 1.45. The van der Waals surface area contributed by atoms with Crippen molar-refractivity contribution in [2.45, 2.75) is 5.22 Å². The fourth-order valence-corrected chi connectivity index (χ4v) is 3.44. The van der Waals surface area contributed by atoms with Crippen LogP contribution in [-0.4, -0.2) is 40.2 Å². The number of amides is 1. The zero-order chi connectivity index (χ0) is 18.2. The molecule has 1 aromatic carbocycles. The molecule has 1 amide bonds. The maximum atomic E-state index is 12.1. The van der Waals surface area contributed by atoms with Crippen molar-refractivity contribution in [2.24, 2.45) is 15.9 Å². The zero-order valence-corrected chi connectivity index (χ0v) is 14.7. The highest BCUT2D eigenvalue weighted by Crippen LogP contribution is 2.36. The van der Waals surface area contributed by atoms with Crippen LogP contribution in [0, 0.1) is 5.92 Å². The summed E-state index contributed by atoms with van der Waals surface area (Å²) < 4.78 is 16.3. The molecular weight excluding hydrogens is 368 g/mol. The fraction of sp³-hybridized carbons (Fsp3) is 0.167. The Bertz CT molecular complexity index is 1050. The first kappa shape index (κ1) is 16.0. The summed E-state index contributed by atoms with van der Waals surface area (Å²) in [5.74, 6) is 1.95. The van der Waals surface area contributed by atoms with Crippen LogP contribution in [-0.2, 0) is 4.79 Å². The number of fused-ring (bicyclic) bond motifs is 2. The molecule has 1 aromatic heterocycles. The number of hydrogen-bond donors (Lipinski definition) is 0. The predicted octanol–water partition coefficient (Wildman–Crippen LogP) is 2.68. The monoisotopic (exact) mass is 380 g/mol. The molecule has 3 heterocycles. The molecule has 0 saturated heterocycles. The largest absolute Gasteiger partial charge is 0.454 e. The van der Waals surface area contributed by atoms with Gasteiger partial charge in [-0.05, 0) is 24.3 Å². The van der Waals surface area contributed by atoms with E-state index in [4.69, 9.17) is 13.9 Å².